The maximum atomic E-state index is 12.4. The molecule has 5 atom stereocenters. The number of carbonyl (C=O) groups is 1. The lowest BCUT2D eigenvalue weighted by Gasteiger charge is -2.55. The topological polar surface area (TPSA) is 26.3 Å². The van der Waals surface area contributed by atoms with Gasteiger partial charge in [-0.05, 0) is 66.9 Å². The molecule has 0 amide bonds. The van der Waals surface area contributed by atoms with Crippen LogP contribution in [0.1, 0.15) is 58.8 Å². The summed E-state index contributed by atoms with van der Waals surface area (Å²) < 4.78 is 5.50. The predicted molar refractivity (Wildman–Crippen MR) is 87.2 cm³/mol. The summed E-state index contributed by atoms with van der Waals surface area (Å²) in [6.07, 6.45) is 12.5. The molecule has 22 heavy (non-hydrogen) atoms. The first-order valence-electron chi connectivity index (χ1n) is 8.97. The third kappa shape index (κ3) is 1.76. The van der Waals surface area contributed by atoms with Crippen LogP contribution in [0, 0.1) is 28.6 Å². The van der Waals surface area contributed by atoms with Gasteiger partial charge in [0.15, 0.2) is 0 Å². The third-order valence-electron chi connectivity index (χ3n) is 7.70. The summed E-state index contributed by atoms with van der Waals surface area (Å²) in [5.41, 5.74) is 1.80. The van der Waals surface area contributed by atoms with Gasteiger partial charge < -0.3 is 4.74 Å². The number of allylic oxidation sites excluding steroid dienone is 4. The van der Waals surface area contributed by atoms with Gasteiger partial charge in [0.25, 0.3) is 0 Å². The molecule has 2 heteroatoms. The van der Waals surface area contributed by atoms with E-state index in [1.54, 1.807) is 7.11 Å². The van der Waals surface area contributed by atoms with Gasteiger partial charge in [-0.25, -0.2) is 0 Å². The van der Waals surface area contributed by atoms with Gasteiger partial charge in [-0.1, -0.05) is 19.9 Å². The molecule has 0 heterocycles. The summed E-state index contributed by atoms with van der Waals surface area (Å²) in [5, 5.41) is 0. The molecule has 0 bridgehead atoms. The monoisotopic (exact) mass is 300 g/mol. The van der Waals surface area contributed by atoms with Crippen LogP contribution in [0.5, 0.6) is 0 Å². The molecule has 120 valence electrons. The summed E-state index contributed by atoms with van der Waals surface area (Å²) in [6, 6.07) is 0. The van der Waals surface area contributed by atoms with Crippen LogP contribution in [0.3, 0.4) is 0 Å². The second-order valence-corrected chi connectivity index (χ2v) is 8.42. The lowest BCUT2D eigenvalue weighted by atomic mass is 9.49. The molecule has 2 fully saturated rings. The van der Waals surface area contributed by atoms with Gasteiger partial charge in [0, 0.05) is 18.3 Å². The molecule has 0 N–H and O–H groups in total. The smallest absolute Gasteiger partial charge is 0.139 e. The van der Waals surface area contributed by atoms with Gasteiger partial charge in [0.05, 0.1) is 12.9 Å². The molecule has 4 aliphatic rings. The van der Waals surface area contributed by atoms with Crippen molar-refractivity contribution in [2.45, 2.75) is 58.8 Å². The highest BCUT2D eigenvalue weighted by atomic mass is 16.5. The van der Waals surface area contributed by atoms with Crippen LogP contribution in [0.15, 0.2) is 23.5 Å². The van der Waals surface area contributed by atoms with E-state index in [2.05, 4.69) is 26.0 Å². The Hall–Kier alpha value is -1.05. The first-order chi connectivity index (χ1) is 10.5. The number of ether oxygens (including phenoxy) is 1. The molecule has 4 rings (SSSR count). The Bertz CT molecular complexity index is 572. The Kier molecular flexibility index (Phi) is 3.12. The second kappa shape index (κ2) is 4.72. The van der Waals surface area contributed by atoms with E-state index in [0.717, 1.165) is 49.7 Å². The zero-order valence-electron chi connectivity index (χ0n) is 14.2. The highest BCUT2D eigenvalue weighted by Crippen LogP contribution is 2.63. The molecule has 2 saturated carbocycles. The maximum Gasteiger partial charge on any atom is 0.139 e. The van der Waals surface area contributed by atoms with Gasteiger partial charge in [-0.2, -0.15) is 0 Å². The van der Waals surface area contributed by atoms with E-state index in [4.69, 9.17) is 4.74 Å². The molecular formula is C20H28O2. The summed E-state index contributed by atoms with van der Waals surface area (Å²) in [6.45, 7) is 4.73. The molecule has 3 unspecified atom stereocenters. The van der Waals surface area contributed by atoms with Crippen molar-refractivity contribution in [2.24, 2.45) is 28.6 Å². The minimum Gasteiger partial charge on any atom is -0.501 e. The standard InChI is InChI=1S/C20H28O2/c1-19-10-8-14(22-3)12-13(19)4-5-15-16-6-7-18(21)20(16,2)11-9-17(15)19/h4,12,15-17H,5-11H2,1-3H3/t15?,16?,17?,19-,20-/m0/s1. The van der Waals surface area contributed by atoms with Crippen LogP contribution >= 0.6 is 0 Å². The number of ketones is 1. The van der Waals surface area contributed by atoms with Gasteiger partial charge in [-0.15, -0.1) is 0 Å². The number of carbonyl (C=O) groups excluding carboxylic acids is 1. The number of methoxy groups -OCH3 is 1. The summed E-state index contributed by atoms with van der Waals surface area (Å²) in [5.74, 6) is 3.78. The van der Waals surface area contributed by atoms with Gasteiger partial charge in [0.1, 0.15) is 5.78 Å². The van der Waals surface area contributed by atoms with Crippen molar-refractivity contribution in [1.82, 2.24) is 0 Å². The zero-order chi connectivity index (χ0) is 15.5. The SMILES string of the molecule is COC1=CC2=CCC3C(CC[C@]4(C)C(=O)CCC34)[C@@]2(C)CC1. The van der Waals surface area contributed by atoms with Crippen molar-refractivity contribution < 1.29 is 9.53 Å². The van der Waals surface area contributed by atoms with Crippen LogP contribution in [-0.4, -0.2) is 12.9 Å². The second-order valence-electron chi connectivity index (χ2n) is 8.42. The van der Waals surface area contributed by atoms with Crippen LogP contribution in [0.4, 0.5) is 0 Å². The summed E-state index contributed by atoms with van der Waals surface area (Å²) >= 11 is 0. The van der Waals surface area contributed by atoms with Gasteiger partial charge in [-0.3, -0.25) is 4.79 Å². The average molecular weight is 300 g/mol. The first-order valence-corrected chi connectivity index (χ1v) is 8.97. The summed E-state index contributed by atoms with van der Waals surface area (Å²) in [4.78, 5) is 12.4. The van der Waals surface area contributed by atoms with Crippen LogP contribution in [0.25, 0.3) is 0 Å². The highest BCUT2D eigenvalue weighted by molar-refractivity contribution is 5.87. The predicted octanol–water partition coefficient (Wildman–Crippen LogP) is 4.66. The van der Waals surface area contributed by atoms with Crippen LogP contribution in [-0.2, 0) is 9.53 Å². The Labute approximate surface area is 134 Å². The van der Waals surface area contributed by atoms with E-state index in [1.165, 1.54) is 18.4 Å². The largest absolute Gasteiger partial charge is 0.501 e. The fourth-order valence-corrected chi connectivity index (χ4v) is 6.23. The number of Topliss-reactive ketones (excluding diaryl/α,β-unsaturated/α-hetero) is 1. The Morgan fingerprint density at radius 2 is 1.86 bits per heavy atom. The fourth-order valence-electron chi connectivity index (χ4n) is 6.23. The quantitative estimate of drug-likeness (QED) is 0.704. The molecule has 0 aromatic heterocycles. The van der Waals surface area contributed by atoms with Crippen LogP contribution < -0.4 is 0 Å². The minimum atomic E-state index is -0.00886. The normalized spacial score (nSPS) is 47.0. The van der Waals surface area contributed by atoms with E-state index >= 15 is 0 Å². The van der Waals surface area contributed by atoms with Crippen molar-refractivity contribution in [2.75, 3.05) is 7.11 Å². The van der Waals surface area contributed by atoms with E-state index in [-0.39, 0.29) is 5.41 Å². The molecule has 0 aromatic rings. The lowest BCUT2D eigenvalue weighted by Crippen LogP contribution is -2.49. The zero-order valence-corrected chi connectivity index (χ0v) is 14.2. The van der Waals surface area contributed by atoms with Gasteiger partial charge in [0.2, 0.25) is 0 Å². The fraction of sp³-hybridized carbons (Fsp3) is 0.750. The number of rotatable bonds is 1. The molecule has 2 nitrogen and oxygen atoms in total. The third-order valence-corrected chi connectivity index (χ3v) is 7.70. The molecule has 0 radical (unpaired) electrons. The van der Waals surface area contributed by atoms with Crippen molar-refractivity contribution in [1.29, 1.82) is 0 Å². The molecule has 0 aromatic carbocycles. The number of hydrogen-bond acceptors (Lipinski definition) is 2. The molecule has 0 spiro atoms. The molecule has 4 aliphatic carbocycles. The Morgan fingerprint density at radius 3 is 2.64 bits per heavy atom. The van der Waals surface area contributed by atoms with Gasteiger partial charge >= 0.3 is 0 Å². The van der Waals surface area contributed by atoms with E-state index in [0.29, 0.717) is 17.1 Å². The minimum absolute atomic E-state index is 0.00886. The first kappa shape index (κ1) is 14.5. The van der Waals surface area contributed by atoms with E-state index < -0.39 is 0 Å². The van der Waals surface area contributed by atoms with Crippen LogP contribution in [0.2, 0.25) is 0 Å². The Morgan fingerprint density at radius 1 is 1.09 bits per heavy atom. The van der Waals surface area contributed by atoms with Crippen molar-refractivity contribution in [3.8, 4) is 0 Å². The molecular weight excluding hydrogens is 272 g/mol. The summed E-state index contributed by atoms with van der Waals surface area (Å²) in [7, 11) is 1.79. The van der Waals surface area contributed by atoms with Crippen molar-refractivity contribution in [3.63, 3.8) is 0 Å². The van der Waals surface area contributed by atoms with E-state index in [9.17, 15) is 4.79 Å². The molecule has 0 aliphatic heterocycles. The van der Waals surface area contributed by atoms with Crippen molar-refractivity contribution >= 4 is 5.78 Å². The highest BCUT2D eigenvalue weighted by Gasteiger charge is 2.58. The van der Waals surface area contributed by atoms with Crippen molar-refractivity contribution in [3.05, 3.63) is 23.5 Å². The lowest BCUT2D eigenvalue weighted by molar-refractivity contribution is -0.131. The Balaban J connectivity index is 1.71. The van der Waals surface area contributed by atoms with E-state index in [1.807, 2.05) is 0 Å². The number of fused-ring (bicyclic) bond motifs is 5. The number of hydrogen-bond donors (Lipinski definition) is 0. The molecule has 0 saturated heterocycles. The maximum absolute atomic E-state index is 12.4. The average Bonchev–Trinajstić information content (AvgIpc) is 2.82.